The number of hydrogen-bond acceptors (Lipinski definition) is 4. The standard InChI is InChI=1S/C13H18ClN3OS2/c1-9-7-20-11(10(9)14)13(5-3-4-6-13)12(18)17(2)16-15-8-19/h7-8,16H,3-6H2,1-2H3,(H,15,19). The number of thiocarbonyl (C=S) groups is 1. The molecule has 2 N–H and O–H groups in total. The predicted octanol–water partition coefficient (Wildman–Crippen LogP) is 2.95. The Kier molecular flexibility index (Phi) is 5.01. The number of carbonyl (C=O) groups is 1. The molecule has 0 atom stereocenters. The van der Waals surface area contributed by atoms with Gasteiger partial charge in [0.2, 0.25) is 5.91 Å². The van der Waals surface area contributed by atoms with E-state index >= 15 is 0 Å². The lowest BCUT2D eigenvalue weighted by molar-refractivity contribution is -0.139. The maximum atomic E-state index is 12.9. The first-order valence-corrected chi connectivity index (χ1v) is 8.23. The lowest BCUT2D eigenvalue weighted by Gasteiger charge is -2.32. The molecule has 2 rings (SSSR count). The van der Waals surface area contributed by atoms with Crippen molar-refractivity contribution in [3.63, 3.8) is 0 Å². The van der Waals surface area contributed by atoms with Crippen molar-refractivity contribution in [3.05, 3.63) is 20.8 Å². The van der Waals surface area contributed by atoms with Crippen LogP contribution in [-0.4, -0.2) is 23.5 Å². The van der Waals surface area contributed by atoms with E-state index in [-0.39, 0.29) is 5.91 Å². The molecule has 4 nitrogen and oxygen atoms in total. The number of carbonyl (C=O) groups excluding carboxylic acids is 1. The molecule has 1 fully saturated rings. The molecule has 0 bridgehead atoms. The minimum Gasteiger partial charge on any atom is -0.300 e. The number of hydrazine groups is 2. The van der Waals surface area contributed by atoms with Gasteiger partial charge in [0.05, 0.1) is 15.9 Å². The quantitative estimate of drug-likeness (QED) is 0.643. The van der Waals surface area contributed by atoms with Crippen LogP contribution in [0.3, 0.4) is 0 Å². The number of halogens is 1. The van der Waals surface area contributed by atoms with Crippen molar-refractivity contribution < 1.29 is 4.79 Å². The van der Waals surface area contributed by atoms with Crippen molar-refractivity contribution in [2.75, 3.05) is 7.05 Å². The van der Waals surface area contributed by atoms with E-state index in [2.05, 4.69) is 23.2 Å². The van der Waals surface area contributed by atoms with E-state index in [9.17, 15) is 4.79 Å². The highest BCUT2D eigenvalue weighted by Gasteiger charge is 2.46. The fourth-order valence-electron chi connectivity index (χ4n) is 2.76. The highest BCUT2D eigenvalue weighted by molar-refractivity contribution is 7.78. The Labute approximate surface area is 133 Å². The number of aryl methyl sites for hydroxylation is 1. The van der Waals surface area contributed by atoms with Gasteiger partial charge < -0.3 is 5.43 Å². The van der Waals surface area contributed by atoms with Gasteiger partial charge in [0.1, 0.15) is 0 Å². The molecule has 0 aliphatic heterocycles. The number of rotatable bonds is 5. The zero-order valence-corrected chi connectivity index (χ0v) is 13.9. The summed E-state index contributed by atoms with van der Waals surface area (Å²) in [7, 11) is 1.70. The smallest absolute Gasteiger partial charge is 0.249 e. The maximum Gasteiger partial charge on any atom is 0.249 e. The van der Waals surface area contributed by atoms with Crippen LogP contribution < -0.4 is 11.0 Å². The van der Waals surface area contributed by atoms with Gasteiger partial charge in [-0.15, -0.1) is 16.9 Å². The summed E-state index contributed by atoms with van der Waals surface area (Å²) < 4.78 is 0. The van der Waals surface area contributed by atoms with E-state index in [1.807, 2.05) is 12.3 Å². The molecule has 1 aromatic rings. The minimum atomic E-state index is -0.499. The average molecular weight is 332 g/mol. The van der Waals surface area contributed by atoms with Gasteiger partial charge >= 0.3 is 0 Å². The van der Waals surface area contributed by atoms with Crippen LogP contribution in [0.2, 0.25) is 5.02 Å². The zero-order chi connectivity index (χ0) is 14.8. The summed E-state index contributed by atoms with van der Waals surface area (Å²) in [6.45, 7) is 1.98. The normalized spacial score (nSPS) is 16.9. The number of nitrogens with zero attached hydrogens (tertiary/aromatic N) is 1. The molecule has 0 spiro atoms. The first kappa shape index (κ1) is 15.7. The van der Waals surface area contributed by atoms with Gasteiger partial charge in [0.25, 0.3) is 0 Å². The maximum absolute atomic E-state index is 12.9. The van der Waals surface area contributed by atoms with E-state index < -0.39 is 5.41 Å². The lowest BCUT2D eigenvalue weighted by atomic mass is 9.83. The van der Waals surface area contributed by atoms with Crippen molar-refractivity contribution in [3.8, 4) is 0 Å². The van der Waals surface area contributed by atoms with E-state index in [0.717, 1.165) is 41.1 Å². The molecule has 0 saturated heterocycles. The average Bonchev–Trinajstić information content (AvgIpc) is 3.05. The lowest BCUT2D eigenvalue weighted by Crippen LogP contribution is -2.53. The Morgan fingerprint density at radius 3 is 2.70 bits per heavy atom. The largest absolute Gasteiger partial charge is 0.300 e. The molecule has 7 heteroatoms. The summed E-state index contributed by atoms with van der Waals surface area (Å²) in [5.74, 6) is 0.0306. The molecule has 1 aliphatic rings. The van der Waals surface area contributed by atoms with Crippen LogP contribution in [0.15, 0.2) is 5.38 Å². The number of hydrogen-bond donors (Lipinski definition) is 2. The first-order valence-electron chi connectivity index (χ1n) is 6.50. The van der Waals surface area contributed by atoms with Crippen molar-refractivity contribution in [2.24, 2.45) is 0 Å². The predicted molar refractivity (Wildman–Crippen MR) is 86.9 cm³/mol. The minimum absolute atomic E-state index is 0.0306. The van der Waals surface area contributed by atoms with Crippen LogP contribution in [-0.2, 0) is 10.2 Å². The van der Waals surface area contributed by atoms with Crippen molar-refractivity contribution in [2.45, 2.75) is 38.0 Å². The third kappa shape index (κ3) is 2.70. The van der Waals surface area contributed by atoms with Gasteiger partial charge in [-0.2, -0.15) is 0 Å². The summed E-state index contributed by atoms with van der Waals surface area (Å²) in [6.07, 6.45) is 3.78. The SMILES string of the molecule is Cc1csc(C2(C(=O)N(C)NNC=S)CCCC2)c1Cl. The fraction of sp³-hybridized carbons (Fsp3) is 0.538. The monoisotopic (exact) mass is 331 g/mol. The van der Waals surface area contributed by atoms with Crippen LogP contribution in [0.4, 0.5) is 0 Å². The molecular weight excluding hydrogens is 314 g/mol. The fourth-order valence-corrected chi connectivity index (χ4v) is 4.44. The highest BCUT2D eigenvalue weighted by atomic mass is 35.5. The van der Waals surface area contributed by atoms with Gasteiger partial charge in [-0.05, 0) is 30.7 Å². The second-order valence-corrected chi connectivity index (χ2v) is 6.58. The molecule has 1 amide bonds. The molecular formula is C13H18ClN3OS2. The van der Waals surface area contributed by atoms with Crippen LogP contribution in [0.5, 0.6) is 0 Å². The van der Waals surface area contributed by atoms with Crippen molar-refractivity contribution in [1.29, 1.82) is 0 Å². The Morgan fingerprint density at radius 1 is 1.55 bits per heavy atom. The van der Waals surface area contributed by atoms with Crippen molar-refractivity contribution >= 4 is 46.6 Å². The Hall–Kier alpha value is -0.690. The molecule has 0 aromatic carbocycles. The van der Waals surface area contributed by atoms with Crippen LogP contribution in [0, 0.1) is 6.92 Å². The summed E-state index contributed by atoms with van der Waals surface area (Å²) in [5.41, 5.74) is 7.29. The summed E-state index contributed by atoms with van der Waals surface area (Å²) in [4.78, 5) is 13.9. The molecule has 20 heavy (non-hydrogen) atoms. The number of nitrogens with one attached hydrogen (secondary N) is 2. The van der Waals surface area contributed by atoms with Gasteiger partial charge in [0.15, 0.2) is 0 Å². The highest BCUT2D eigenvalue weighted by Crippen LogP contribution is 2.48. The Balaban J connectivity index is 2.32. The third-order valence-corrected chi connectivity index (χ3v) is 5.82. The van der Waals surface area contributed by atoms with Crippen molar-refractivity contribution in [1.82, 2.24) is 16.0 Å². The molecule has 0 radical (unpaired) electrons. The second-order valence-electron chi connectivity index (χ2n) is 5.09. The molecule has 110 valence electrons. The Bertz CT molecular complexity index is 512. The topological polar surface area (TPSA) is 44.4 Å². The molecule has 1 aliphatic carbocycles. The van der Waals surface area contributed by atoms with E-state index in [1.54, 1.807) is 18.4 Å². The number of likely N-dealkylation sites (N-methyl/N-ethyl adjacent to an activating group) is 1. The molecule has 1 aromatic heterocycles. The van der Waals surface area contributed by atoms with Crippen LogP contribution in [0.1, 0.15) is 36.1 Å². The van der Waals surface area contributed by atoms with E-state index in [4.69, 9.17) is 11.6 Å². The van der Waals surface area contributed by atoms with Crippen LogP contribution in [0.25, 0.3) is 0 Å². The number of amides is 1. The van der Waals surface area contributed by atoms with E-state index in [1.165, 1.54) is 10.5 Å². The summed E-state index contributed by atoms with van der Waals surface area (Å²) in [6, 6.07) is 0. The molecule has 0 unspecified atom stereocenters. The van der Waals surface area contributed by atoms with Gasteiger partial charge in [-0.1, -0.05) is 36.7 Å². The Morgan fingerprint density at radius 2 is 2.20 bits per heavy atom. The van der Waals surface area contributed by atoms with Gasteiger partial charge in [-0.25, -0.2) is 0 Å². The summed E-state index contributed by atoms with van der Waals surface area (Å²) >= 11 is 12.7. The van der Waals surface area contributed by atoms with Gasteiger partial charge in [-0.3, -0.25) is 9.80 Å². The molecule has 1 saturated carbocycles. The number of thiophene rings is 1. The van der Waals surface area contributed by atoms with Gasteiger partial charge in [0, 0.05) is 11.9 Å². The zero-order valence-electron chi connectivity index (χ0n) is 11.5. The third-order valence-electron chi connectivity index (χ3n) is 3.80. The molecule has 1 heterocycles. The first-order chi connectivity index (χ1) is 9.53. The van der Waals surface area contributed by atoms with E-state index in [0.29, 0.717) is 0 Å². The van der Waals surface area contributed by atoms with Crippen LogP contribution >= 0.6 is 35.2 Å². The summed E-state index contributed by atoms with van der Waals surface area (Å²) in [5, 5.41) is 4.22. The second kappa shape index (κ2) is 6.39.